The molecule has 6 heteroatoms. The van der Waals surface area contributed by atoms with Crippen LogP contribution in [0.15, 0.2) is 36.5 Å². The van der Waals surface area contributed by atoms with Gasteiger partial charge in [0.1, 0.15) is 5.75 Å². The minimum absolute atomic E-state index is 0.131. The molecule has 0 aliphatic carbocycles. The molecule has 0 unspecified atom stereocenters. The van der Waals surface area contributed by atoms with Gasteiger partial charge in [-0.15, -0.1) is 0 Å². The molecule has 0 bridgehead atoms. The SMILES string of the molecule is Cc1cnc(Cl)c(NC(=O)COc2cccc(N)c2)c1. The average Bonchev–Trinajstić information content (AvgIpc) is 2.41. The minimum atomic E-state index is -0.318. The van der Waals surface area contributed by atoms with Crippen molar-refractivity contribution in [3.05, 3.63) is 47.2 Å². The van der Waals surface area contributed by atoms with Gasteiger partial charge in [0, 0.05) is 18.0 Å². The molecule has 104 valence electrons. The normalized spacial score (nSPS) is 10.1. The van der Waals surface area contributed by atoms with Gasteiger partial charge in [-0.05, 0) is 30.7 Å². The van der Waals surface area contributed by atoms with E-state index in [0.717, 1.165) is 5.56 Å². The third kappa shape index (κ3) is 3.86. The summed E-state index contributed by atoms with van der Waals surface area (Å²) in [6.45, 7) is 1.73. The number of nitrogens with two attached hydrogens (primary N) is 1. The summed E-state index contributed by atoms with van der Waals surface area (Å²) in [7, 11) is 0. The molecule has 0 fully saturated rings. The van der Waals surface area contributed by atoms with Gasteiger partial charge < -0.3 is 15.8 Å². The molecule has 0 spiro atoms. The van der Waals surface area contributed by atoms with Crippen LogP contribution in [-0.4, -0.2) is 17.5 Å². The second-order valence-corrected chi connectivity index (χ2v) is 4.62. The zero-order valence-corrected chi connectivity index (χ0v) is 11.6. The van der Waals surface area contributed by atoms with E-state index in [-0.39, 0.29) is 17.7 Å². The Balaban J connectivity index is 1.94. The van der Waals surface area contributed by atoms with Crippen LogP contribution in [0.5, 0.6) is 5.75 Å². The number of aromatic nitrogens is 1. The summed E-state index contributed by atoms with van der Waals surface area (Å²) in [5.74, 6) is 0.218. The predicted octanol–water partition coefficient (Wildman–Crippen LogP) is 2.64. The van der Waals surface area contributed by atoms with E-state index in [9.17, 15) is 4.79 Å². The number of amides is 1. The fourth-order valence-corrected chi connectivity index (χ4v) is 1.73. The van der Waals surface area contributed by atoms with E-state index in [4.69, 9.17) is 22.1 Å². The smallest absolute Gasteiger partial charge is 0.262 e. The van der Waals surface area contributed by atoms with Crippen molar-refractivity contribution in [2.24, 2.45) is 0 Å². The minimum Gasteiger partial charge on any atom is -0.484 e. The number of nitrogens with zero attached hydrogens (tertiary/aromatic N) is 1. The Hall–Kier alpha value is -2.27. The summed E-state index contributed by atoms with van der Waals surface area (Å²) in [4.78, 5) is 15.7. The number of carbonyl (C=O) groups excluding carboxylic acids is 1. The van der Waals surface area contributed by atoms with Gasteiger partial charge >= 0.3 is 0 Å². The molecule has 0 radical (unpaired) electrons. The van der Waals surface area contributed by atoms with Crippen molar-refractivity contribution in [3.63, 3.8) is 0 Å². The molecule has 0 saturated heterocycles. The molecule has 1 aromatic heterocycles. The molecular formula is C14H14ClN3O2. The average molecular weight is 292 g/mol. The van der Waals surface area contributed by atoms with Crippen LogP contribution in [-0.2, 0) is 4.79 Å². The summed E-state index contributed by atoms with van der Waals surface area (Å²) in [5.41, 5.74) is 7.57. The first-order valence-electron chi connectivity index (χ1n) is 5.95. The van der Waals surface area contributed by atoms with E-state index in [0.29, 0.717) is 17.1 Å². The molecule has 0 aliphatic heterocycles. The first-order chi connectivity index (χ1) is 9.54. The third-order valence-corrected chi connectivity index (χ3v) is 2.78. The molecule has 2 rings (SSSR count). The summed E-state index contributed by atoms with van der Waals surface area (Å²) >= 11 is 5.90. The summed E-state index contributed by atoms with van der Waals surface area (Å²) in [6.07, 6.45) is 1.63. The Bertz CT molecular complexity index is 632. The van der Waals surface area contributed by atoms with E-state index < -0.39 is 0 Å². The number of anilines is 2. The fraction of sp³-hybridized carbons (Fsp3) is 0.143. The molecule has 20 heavy (non-hydrogen) atoms. The Labute approximate surface area is 121 Å². The van der Waals surface area contributed by atoms with E-state index in [1.807, 2.05) is 6.92 Å². The summed E-state index contributed by atoms with van der Waals surface area (Å²) < 4.78 is 5.34. The van der Waals surface area contributed by atoms with Crippen molar-refractivity contribution in [3.8, 4) is 5.75 Å². The molecule has 5 nitrogen and oxygen atoms in total. The maximum absolute atomic E-state index is 11.8. The van der Waals surface area contributed by atoms with Gasteiger partial charge in [0.25, 0.3) is 5.91 Å². The van der Waals surface area contributed by atoms with Crippen LogP contribution in [0, 0.1) is 6.92 Å². The van der Waals surface area contributed by atoms with E-state index in [1.165, 1.54) is 0 Å². The molecule has 2 aromatic rings. The molecule has 0 aliphatic rings. The number of pyridine rings is 1. The summed E-state index contributed by atoms with van der Waals surface area (Å²) in [5, 5.41) is 2.89. The number of ether oxygens (including phenoxy) is 1. The number of hydrogen-bond acceptors (Lipinski definition) is 4. The number of nitrogens with one attached hydrogen (secondary N) is 1. The Morgan fingerprint density at radius 3 is 3.00 bits per heavy atom. The van der Waals surface area contributed by atoms with Gasteiger partial charge in [-0.2, -0.15) is 0 Å². The van der Waals surface area contributed by atoms with Gasteiger partial charge in [0.15, 0.2) is 11.8 Å². The molecular weight excluding hydrogens is 278 g/mol. The topological polar surface area (TPSA) is 77.2 Å². The van der Waals surface area contributed by atoms with Crippen molar-refractivity contribution in [2.75, 3.05) is 17.7 Å². The van der Waals surface area contributed by atoms with E-state index in [1.54, 1.807) is 36.5 Å². The number of hydrogen-bond donors (Lipinski definition) is 2. The Kier molecular flexibility index (Phi) is 4.42. The molecule has 3 N–H and O–H groups in total. The highest BCUT2D eigenvalue weighted by molar-refractivity contribution is 6.32. The Morgan fingerprint density at radius 1 is 1.45 bits per heavy atom. The third-order valence-electron chi connectivity index (χ3n) is 2.48. The van der Waals surface area contributed by atoms with E-state index >= 15 is 0 Å². The first-order valence-corrected chi connectivity index (χ1v) is 6.33. The van der Waals surface area contributed by atoms with Gasteiger partial charge in [-0.1, -0.05) is 17.7 Å². The van der Waals surface area contributed by atoms with Gasteiger partial charge in [-0.25, -0.2) is 4.98 Å². The molecule has 1 aromatic carbocycles. The Morgan fingerprint density at radius 2 is 2.25 bits per heavy atom. The monoisotopic (exact) mass is 291 g/mol. The van der Waals surface area contributed by atoms with Crippen molar-refractivity contribution in [2.45, 2.75) is 6.92 Å². The fourth-order valence-electron chi connectivity index (χ4n) is 1.58. The number of rotatable bonds is 4. The van der Waals surface area contributed by atoms with Crippen LogP contribution in [0.3, 0.4) is 0 Å². The van der Waals surface area contributed by atoms with Gasteiger partial charge in [-0.3, -0.25) is 4.79 Å². The number of benzene rings is 1. The predicted molar refractivity (Wildman–Crippen MR) is 79.0 cm³/mol. The van der Waals surface area contributed by atoms with Crippen LogP contribution in [0.1, 0.15) is 5.56 Å². The lowest BCUT2D eigenvalue weighted by Crippen LogP contribution is -2.20. The second kappa shape index (κ2) is 6.25. The number of nitrogen functional groups attached to an aromatic ring is 1. The zero-order valence-electron chi connectivity index (χ0n) is 10.9. The van der Waals surface area contributed by atoms with Crippen molar-refractivity contribution >= 4 is 28.9 Å². The molecule has 1 amide bonds. The maximum Gasteiger partial charge on any atom is 0.262 e. The number of carbonyl (C=O) groups is 1. The van der Waals surface area contributed by atoms with Gasteiger partial charge in [0.05, 0.1) is 5.69 Å². The highest BCUT2D eigenvalue weighted by Crippen LogP contribution is 2.20. The van der Waals surface area contributed by atoms with Crippen molar-refractivity contribution in [1.29, 1.82) is 0 Å². The van der Waals surface area contributed by atoms with Crippen LogP contribution in [0.2, 0.25) is 5.15 Å². The van der Waals surface area contributed by atoms with Crippen molar-refractivity contribution in [1.82, 2.24) is 4.98 Å². The zero-order chi connectivity index (χ0) is 14.5. The van der Waals surface area contributed by atoms with Crippen LogP contribution < -0.4 is 15.8 Å². The lowest BCUT2D eigenvalue weighted by Gasteiger charge is -2.09. The van der Waals surface area contributed by atoms with Crippen molar-refractivity contribution < 1.29 is 9.53 Å². The molecule has 0 saturated carbocycles. The highest BCUT2D eigenvalue weighted by Gasteiger charge is 2.08. The molecule has 0 atom stereocenters. The largest absolute Gasteiger partial charge is 0.484 e. The highest BCUT2D eigenvalue weighted by atomic mass is 35.5. The van der Waals surface area contributed by atoms with Crippen LogP contribution in [0.25, 0.3) is 0 Å². The lowest BCUT2D eigenvalue weighted by molar-refractivity contribution is -0.118. The standard InChI is InChI=1S/C14H14ClN3O2/c1-9-5-12(14(15)17-7-9)18-13(19)8-20-11-4-2-3-10(16)6-11/h2-7H,8,16H2,1H3,(H,18,19). The maximum atomic E-state index is 11.8. The number of halogens is 1. The van der Waals surface area contributed by atoms with Crippen LogP contribution in [0.4, 0.5) is 11.4 Å². The van der Waals surface area contributed by atoms with Gasteiger partial charge in [0.2, 0.25) is 0 Å². The second-order valence-electron chi connectivity index (χ2n) is 4.26. The lowest BCUT2D eigenvalue weighted by atomic mass is 10.3. The number of aryl methyl sites for hydroxylation is 1. The quantitative estimate of drug-likeness (QED) is 0.670. The van der Waals surface area contributed by atoms with Crippen LogP contribution >= 0.6 is 11.6 Å². The molecule has 1 heterocycles. The summed E-state index contributed by atoms with van der Waals surface area (Å²) in [6, 6.07) is 8.61. The van der Waals surface area contributed by atoms with E-state index in [2.05, 4.69) is 10.3 Å². The first kappa shape index (κ1) is 14.1.